The van der Waals surface area contributed by atoms with E-state index < -0.39 is 17.6 Å². The first-order chi connectivity index (χ1) is 14.8. The predicted molar refractivity (Wildman–Crippen MR) is 113 cm³/mol. The summed E-state index contributed by atoms with van der Waals surface area (Å²) in [7, 11) is 0. The van der Waals surface area contributed by atoms with Crippen molar-refractivity contribution in [3.8, 4) is 11.6 Å². The van der Waals surface area contributed by atoms with Gasteiger partial charge in [-0.2, -0.15) is 18.2 Å². The lowest BCUT2D eigenvalue weighted by Crippen LogP contribution is -2.21. The van der Waals surface area contributed by atoms with E-state index in [0.29, 0.717) is 18.0 Å². The van der Waals surface area contributed by atoms with Crippen LogP contribution in [0.25, 0.3) is 0 Å². The molecule has 8 heteroatoms. The predicted octanol–water partition coefficient (Wildman–Crippen LogP) is 6.02. The first-order valence-corrected chi connectivity index (χ1v) is 9.93. The molecule has 0 saturated heterocycles. The summed E-state index contributed by atoms with van der Waals surface area (Å²) < 4.78 is 51.7. The van der Waals surface area contributed by atoms with Crippen molar-refractivity contribution < 1.29 is 22.6 Å². The highest BCUT2D eigenvalue weighted by Crippen LogP contribution is 2.37. The van der Waals surface area contributed by atoms with E-state index in [-0.39, 0.29) is 18.7 Å². The fourth-order valence-corrected chi connectivity index (χ4v) is 2.95. The molecule has 164 valence electrons. The average molecular weight is 431 g/mol. The Kier molecular flexibility index (Phi) is 6.99. The summed E-state index contributed by atoms with van der Waals surface area (Å²) in [6.07, 6.45) is -3.88. The van der Waals surface area contributed by atoms with E-state index in [4.69, 9.17) is 9.47 Å². The van der Waals surface area contributed by atoms with Gasteiger partial charge in [0.05, 0.1) is 6.10 Å². The molecular weight excluding hydrogens is 407 g/mol. The van der Waals surface area contributed by atoms with E-state index in [1.165, 1.54) is 0 Å². The number of halogens is 3. The highest BCUT2D eigenvalue weighted by molar-refractivity contribution is 5.60. The molecule has 0 spiro atoms. The topological polar surface area (TPSA) is 47.5 Å². The number of aromatic nitrogens is 2. The monoisotopic (exact) mass is 431 g/mol. The third-order valence-electron chi connectivity index (χ3n) is 4.32. The Morgan fingerprint density at radius 3 is 2.42 bits per heavy atom. The molecule has 3 rings (SSSR count). The molecule has 0 fully saturated rings. The number of benzene rings is 2. The minimum atomic E-state index is -4.63. The van der Waals surface area contributed by atoms with Crippen LogP contribution in [0.4, 0.5) is 24.8 Å². The first-order valence-electron chi connectivity index (χ1n) is 9.93. The summed E-state index contributed by atoms with van der Waals surface area (Å²) >= 11 is 0. The Morgan fingerprint density at radius 2 is 1.77 bits per heavy atom. The molecule has 0 aliphatic carbocycles. The Balaban J connectivity index is 1.94. The van der Waals surface area contributed by atoms with Crippen LogP contribution in [0.1, 0.15) is 31.9 Å². The molecule has 0 aliphatic heterocycles. The van der Waals surface area contributed by atoms with Crippen molar-refractivity contribution in [2.45, 2.75) is 39.7 Å². The van der Waals surface area contributed by atoms with Crippen molar-refractivity contribution in [3.05, 3.63) is 71.9 Å². The standard InChI is InChI=1S/C23H24F3N3O2/c1-4-29(18-11-8-12-19(13-18)31-16(2)3)22-27-14-20(23(24,25)26)21(28-22)30-15-17-9-6-5-7-10-17/h5-14,16H,4,15H2,1-3H3. The van der Waals surface area contributed by atoms with Gasteiger partial charge in [0, 0.05) is 24.5 Å². The van der Waals surface area contributed by atoms with Gasteiger partial charge in [-0.3, -0.25) is 0 Å². The molecule has 0 bridgehead atoms. The van der Waals surface area contributed by atoms with Crippen molar-refractivity contribution in [2.75, 3.05) is 11.4 Å². The molecule has 0 unspecified atom stereocenters. The first kappa shape index (κ1) is 22.4. The fraction of sp³-hybridized carbons (Fsp3) is 0.304. The van der Waals surface area contributed by atoms with Crippen molar-refractivity contribution in [1.29, 1.82) is 0 Å². The quantitative estimate of drug-likeness (QED) is 0.437. The van der Waals surface area contributed by atoms with Gasteiger partial charge in [0.1, 0.15) is 17.9 Å². The molecule has 0 amide bonds. The van der Waals surface area contributed by atoms with E-state index in [9.17, 15) is 13.2 Å². The van der Waals surface area contributed by atoms with Crippen LogP contribution in [0.2, 0.25) is 0 Å². The smallest absolute Gasteiger partial charge is 0.423 e. The lowest BCUT2D eigenvalue weighted by molar-refractivity contribution is -0.139. The second kappa shape index (κ2) is 9.68. The molecule has 3 aromatic rings. The molecular formula is C23H24F3N3O2. The van der Waals surface area contributed by atoms with E-state index in [1.54, 1.807) is 35.2 Å². The van der Waals surface area contributed by atoms with Crippen molar-refractivity contribution in [3.63, 3.8) is 0 Å². The van der Waals surface area contributed by atoms with Gasteiger partial charge in [0.15, 0.2) is 0 Å². The zero-order valence-corrected chi connectivity index (χ0v) is 17.6. The largest absolute Gasteiger partial charge is 0.491 e. The van der Waals surface area contributed by atoms with Gasteiger partial charge >= 0.3 is 6.18 Å². The molecule has 0 radical (unpaired) electrons. The van der Waals surface area contributed by atoms with Crippen molar-refractivity contribution in [1.82, 2.24) is 9.97 Å². The number of hydrogen-bond donors (Lipinski definition) is 0. The molecule has 0 N–H and O–H groups in total. The number of anilines is 2. The second-order valence-electron chi connectivity index (χ2n) is 7.07. The maximum atomic E-state index is 13.5. The van der Waals surface area contributed by atoms with Crippen LogP contribution in [0.5, 0.6) is 11.6 Å². The van der Waals surface area contributed by atoms with Crippen LogP contribution < -0.4 is 14.4 Å². The highest BCUT2D eigenvalue weighted by Gasteiger charge is 2.36. The van der Waals surface area contributed by atoms with Crippen molar-refractivity contribution in [2.24, 2.45) is 0 Å². The van der Waals surface area contributed by atoms with E-state index in [2.05, 4.69) is 9.97 Å². The third kappa shape index (κ3) is 5.87. The van der Waals surface area contributed by atoms with Crippen LogP contribution in [-0.2, 0) is 12.8 Å². The molecule has 5 nitrogen and oxygen atoms in total. The van der Waals surface area contributed by atoms with Gasteiger partial charge < -0.3 is 14.4 Å². The normalized spacial score (nSPS) is 11.5. The van der Waals surface area contributed by atoms with Gasteiger partial charge in [-0.05, 0) is 38.5 Å². The van der Waals surface area contributed by atoms with Gasteiger partial charge in [0.25, 0.3) is 0 Å². The lowest BCUT2D eigenvalue weighted by atomic mass is 10.2. The SMILES string of the molecule is CCN(c1cccc(OC(C)C)c1)c1ncc(C(F)(F)F)c(OCc2ccccc2)n1. The van der Waals surface area contributed by atoms with Crippen LogP contribution in [0.3, 0.4) is 0 Å². The summed E-state index contributed by atoms with van der Waals surface area (Å²) in [6, 6.07) is 16.2. The Bertz CT molecular complexity index is 995. The minimum Gasteiger partial charge on any atom is -0.491 e. The Hall–Kier alpha value is -3.29. The molecule has 0 atom stereocenters. The van der Waals surface area contributed by atoms with Crippen LogP contribution in [0.15, 0.2) is 60.8 Å². The molecule has 0 saturated carbocycles. The zero-order valence-electron chi connectivity index (χ0n) is 17.6. The van der Waals surface area contributed by atoms with Gasteiger partial charge in [-0.15, -0.1) is 0 Å². The Morgan fingerprint density at radius 1 is 1.03 bits per heavy atom. The van der Waals surface area contributed by atoms with E-state index >= 15 is 0 Å². The summed E-state index contributed by atoms with van der Waals surface area (Å²) in [5, 5.41) is 0. The summed E-state index contributed by atoms with van der Waals surface area (Å²) in [5.74, 6) is 0.257. The number of hydrogen-bond acceptors (Lipinski definition) is 5. The van der Waals surface area contributed by atoms with Gasteiger partial charge in [0.2, 0.25) is 11.8 Å². The Labute approximate surface area is 179 Å². The molecule has 0 aliphatic rings. The number of alkyl halides is 3. The van der Waals surface area contributed by atoms with Crippen LogP contribution >= 0.6 is 0 Å². The van der Waals surface area contributed by atoms with Gasteiger partial charge in [-0.25, -0.2) is 4.98 Å². The summed E-state index contributed by atoms with van der Waals surface area (Å²) in [6.45, 7) is 6.10. The van der Waals surface area contributed by atoms with Gasteiger partial charge in [-0.1, -0.05) is 36.4 Å². The van der Waals surface area contributed by atoms with E-state index in [1.807, 2.05) is 45.0 Å². The number of nitrogens with zero attached hydrogens (tertiary/aromatic N) is 3. The molecule has 2 aromatic carbocycles. The molecule has 31 heavy (non-hydrogen) atoms. The van der Waals surface area contributed by atoms with Crippen LogP contribution in [0, 0.1) is 0 Å². The van der Waals surface area contributed by atoms with Crippen molar-refractivity contribution >= 4 is 11.6 Å². The summed E-state index contributed by atoms with van der Waals surface area (Å²) in [4.78, 5) is 9.79. The second-order valence-corrected chi connectivity index (χ2v) is 7.07. The minimum absolute atomic E-state index is 0.00867. The maximum absolute atomic E-state index is 13.5. The zero-order chi connectivity index (χ0) is 22.4. The number of ether oxygens (including phenoxy) is 2. The highest BCUT2D eigenvalue weighted by atomic mass is 19.4. The molecule has 1 aromatic heterocycles. The average Bonchev–Trinajstić information content (AvgIpc) is 2.73. The van der Waals surface area contributed by atoms with E-state index in [0.717, 1.165) is 11.8 Å². The molecule has 1 heterocycles. The lowest BCUT2D eigenvalue weighted by Gasteiger charge is -2.23. The number of rotatable bonds is 8. The maximum Gasteiger partial charge on any atom is 0.423 e. The van der Waals surface area contributed by atoms with Crippen LogP contribution in [-0.4, -0.2) is 22.6 Å². The summed E-state index contributed by atoms with van der Waals surface area (Å²) in [5.41, 5.74) is 0.427. The fourth-order valence-electron chi connectivity index (χ4n) is 2.95. The third-order valence-corrected chi connectivity index (χ3v) is 4.32.